The Bertz CT molecular complexity index is 423. The Balaban J connectivity index is 1.98. The van der Waals surface area contributed by atoms with Gasteiger partial charge in [-0.05, 0) is 36.9 Å². The van der Waals surface area contributed by atoms with Crippen molar-refractivity contribution >= 4 is 23.3 Å². The van der Waals surface area contributed by atoms with E-state index in [4.69, 9.17) is 11.6 Å². The first-order chi connectivity index (χ1) is 7.25. The smallest absolute Gasteiger partial charge is 0.231 e. The molecule has 2 heterocycles. The average molecular weight is 224 g/mol. The Hall–Kier alpha value is -1.16. The highest BCUT2D eigenvalue weighted by Gasteiger charge is 2.45. The number of hydrogen-bond acceptors (Lipinski definition) is 3. The largest absolute Gasteiger partial charge is 0.293 e. The minimum atomic E-state index is 0.195. The minimum Gasteiger partial charge on any atom is -0.293 e. The zero-order chi connectivity index (χ0) is 10.4. The van der Waals surface area contributed by atoms with E-state index in [1.807, 2.05) is 0 Å². The summed E-state index contributed by atoms with van der Waals surface area (Å²) in [5.74, 6) is 1.05. The van der Waals surface area contributed by atoms with Crippen molar-refractivity contribution in [2.75, 3.05) is 4.90 Å². The lowest BCUT2D eigenvalue weighted by Crippen LogP contribution is -2.37. The van der Waals surface area contributed by atoms with Gasteiger partial charge in [-0.1, -0.05) is 0 Å². The number of amides is 1. The molecule has 1 saturated heterocycles. The van der Waals surface area contributed by atoms with Gasteiger partial charge in [-0.3, -0.25) is 9.69 Å². The van der Waals surface area contributed by atoms with Crippen LogP contribution >= 0.6 is 11.6 Å². The van der Waals surface area contributed by atoms with Crippen LogP contribution in [-0.2, 0) is 4.79 Å². The summed E-state index contributed by atoms with van der Waals surface area (Å²) >= 11 is 5.71. The summed E-state index contributed by atoms with van der Waals surface area (Å²) in [6, 6.07) is 2.07. The number of carbonyl (C=O) groups is 1. The van der Waals surface area contributed by atoms with E-state index in [9.17, 15) is 4.79 Å². The zero-order valence-electron chi connectivity index (χ0n) is 8.06. The van der Waals surface area contributed by atoms with Gasteiger partial charge < -0.3 is 0 Å². The van der Waals surface area contributed by atoms with Gasteiger partial charge in [0, 0.05) is 18.2 Å². The zero-order valence-corrected chi connectivity index (χ0v) is 8.81. The molecule has 1 amide bonds. The molecule has 2 atom stereocenters. The van der Waals surface area contributed by atoms with Crippen molar-refractivity contribution in [3.05, 3.63) is 17.5 Å². The van der Waals surface area contributed by atoms with Crippen molar-refractivity contribution < 1.29 is 4.79 Å². The lowest BCUT2D eigenvalue weighted by Gasteiger charge is -2.25. The molecule has 78 valence electrons. The fourth-order valence-corrected chi connectivity index (χ4v) is 2.70. The van der Waals surface area contributed by atoms with E-state index in [-0.39, 0.29) is 17.1 Å². The Morgan fingerprint density at radius 1 is 1.47 bits per heavy atom. The molecule has 3 rings (SSSR count). The molecule has 15 heavy (non-hydrogen) atoms. The Morgan fingerprint density at radius 3 is 3.00 bits per heavy atom. The average Bonchev–Trinajstić information content (AvgIpc) is 2.77. The van der Waals surface area contributed by atoms with Gasteiger partial charge in [0.05, 0.1) is 0 Å². The lowest BCUT2D eigenvalue weighted by atomic mass is 10.1. The number of aromatic nitrogens is 2. The topological polar surface area (TPSA) is 46.1 Å². The van der Waals surface area contributed by atoms with Crippen LogP contribution in [0.4, 0.5) is 5.82 Å². The molecule has 2 fully saturated rings. The van der Waals surface area contributed by atoms with Gasteiger partial charge >= 0.3 is 0 Å². The van der Waals surface area contributed by atoms with Crippen LogP contribution in [0.15, 0.2) is 12.3 Å². The second-order valence-corrected chi connectivity index (χ2v) is 4.39. The third kappa shape index (κ3) is 1.32. The van der Waals surface area contributed by atoms with E-state index >= 15 is 0 Å². The lowest BCUT2D eigenvalue weighted by molar-refractivity contribution is -0.121. The second-order valence-electron chi connectivity index (χ2n) is 4.06. The maximum Gasteiger partial charge on any atom is 0.231 e. The summed E-state index contributed by atoms with van der Waals surface area (Å²) in [5, 5.41) is 0.197. The molecular weight excluding hydrogens is 214 g/mol. The molecule has 0 aromatic carbocycles. The third-order valence-corrected chi connectivity index (χ3v) is 3.40. The van der Waals surface area contributed by atoms with Crippen molar-refractivity contribution in [3.8, 4) is 0 Å². The number of piperidine rings is 1. The highest BCUT2D eigenvalue weighted by Crippen LogP contribution is 2.40. The second kappa shape index (κ2) is 3.17. The van der Waals surface area contributed by atoms with Crippen LogP contribution in [0, 0.1) is 5.92 Å². The maximum absolute atomic E-state index is 11.9. The molecule has 2 bridgehead atoms. The number of carbonyl (C=O) groups excluding carboxylic acids is 1. The Labute approximate surface area is 92.3 Å². The first-order valence-corrected chi connectivity index (χ1v) is 5.45. The van der Waals surface area contributed by atoms with Crippen molar-refractivity contribution in [2.45, 2.75) is 25.3 Å². The fraction of sp³-hybridized carbons (Fsp3) is 0.500. The van der Waals surface area contributed by atoms with Gasteiger partial charge in [-0.2, -0.15) is 0 Å². The van der Waals surface area contributed by atoms with Crippen LogP contribution in [-0.4, -0.2) is 21.9 Å². The van der Waals surface area contributed by atoms with Crippen molar-refractivity contribution in [3.63, 3.8) is 0 Å². The van der Waals surface area contributed by atoms with E-state index in [0.717, 1.165) is 19.3 Å². The Kier molecular flexibility index (Phi) is 1.92. The molecule has 1 aliphatic heterocycles. The van der Waals surface area contributed by atoms with Gasteiger partial charge in [0.2, 0.25) is 11.2 Å². The van der Waals surface area contributed by atoms with E-state index in [1.54, 1.807) is 17.2 Å². The maximum atomic E-state index is 11.9. The third-order valence-electron chi connectivity index (χ3n) is 3.22. The predicted molar refractivity (Wildman–Crippen MR) is 55.7 cm³/mol. The summed E-state index contributed by atoms with van der Waals surface area (Å²) < 4.78 is 0. The monoisotopic (exact) mass is 223 g/mol. The van der Waals surface area contributed by atoms with E-state index < -0.39 is 0 Å². The molecule has 2 aliphatic rings. The minimum absolute atomic E-state index is 0.195. The fourth-order valence-electron chi connectivity index (χ4n) is 2.55. The predicted octanol–water partition coefficient (Wildman–Crippen LogP) is 1.65. The molecule has 0 unspecified atom stereocenters. The van der Waals surface area contributed by atoms with Gasteiger partial charge in [0.1, 0.15) is 5.82 Å². The first-order valence-electron chi connectivity index (χ1n) is 5.07. The molecule has 4 nitrogen and oxygen atoms in total. The van der Waals surface area contributed by atoms with Gasteiger partial charge in [0.15, 0.2) is 0 Å². The van der Waals surface area contributed by atoms with Crippen LogP contribution in [0.25, 0.3) is 0 Å². The highest BCUT2D eigenvalue weighted by molar-refractivity contribution is 6.28. The number of hydrogen-bond donors (Lipinski definition) is 0. The summed E-state index contributed by atoms with van der Waals surface area (Å²) in [6.45, 7) is 0. The Morgan fingerprint density at radius 2 is 2.33 bits per heavy atom. The SMILES string of the molecule is O=C1[C@@H]2CC[C@@H](C2)N1c1ccnc(Cl)n1. The number of anilines is 1. The van der Waals surface area contributed by atoms with Gasteiger partial charge in [0.25, 0.3) is 0 Å². The molecule has 1 aliphatic carbocycles. The highest BCUT2D eigenvalue weighted by atomic mass is 35.5. The standard InChI is InChI=1S/C10H10ClN3O/c11-10-12-4-3-8(13-10)14-7-2-1-6(5-7)9(14)15/h3-4,6-7H,1-2,5H2/t6-,7+/m1/s1. The number of fused-ring (bicyclic) bond motifs is 2. The van der Waals surface area contributed by atoms with Crippen LogP contribution in [0.5, 0.6) is 0 Å². The van der Waals surface area contributed by atoms with Crippen molar-refractivity contribution in [2.24, 2.45) is 5.92 Å². The van der Waals surface area contributed by atoms with Crippen LogP contribution in [0.2, 0.25) is 5.28 Å². The molecule has 5 heteroatoms. The normalized spacial score (nSPS) is 28.9. The molecule has 0 radical (unpaired) electrons. The summed E-state index contributed by atoms with van der Waals surface area (Å²) in [4.78, 5) is 21.6. The number of nitrogens with zero attached hydrogens (tertiary/aromatic N) is 3. The molecular formula is C10H10ClN3O. The van der Waals surface area contributed by atoms with E-state index in [2.05, 4.69) is 9.97 Å². The van der Waals surface area contributed by atoms with Gasteiger partial charge in [-0.25, -0.2) is 9.97 Å². The van der Waals surface area contributed by atoms with Crippen LogP contribution in [0.3, 0.4) is 0 Å². The molecule has 1 aromatic rings. The summed E-state index contributed by atoms with van der Waals surface area (Å²) in [6.07, 6.45) is 4.67. The summed E-state index contributed by atoms with van der Waals surface area (Å²) in [7, 11) is 0. The number of halogens is 1. The molecule has 0 spiro atoms. The first kappa shape index (κ1) is 9.09. The molecule has 1 saturated carbocycles. The molecule has 0 N–H and O–H groups in total. The van der Waals surface area contributed by atoms with E-state index in [0.29, 0.717) is 11.9 Å². The molecule has 1 aromatic heterocycles. The van der Waals surface area contributed by atoms with Crippen molar-refractivity contribution in [1.82, 2.24) is 9.97 Å². The quantitative estimate of drug-likeness (QED) is 0.680. The van der Waals surface area contributed by atoms with Gasteiger partial charge in [-0.15, -0.1) is 0 Å². The van der Waals surface area contributed by atoms with Crippen LogP contribution < -0.4 is 4.90 Å². The summed E-state index contributed by atoms with van der Waals surface area (Å²) in [5.41, 5.74) is 0. The van der Waals surface area contributed by atoms with Crippen molar-refractivity contribution in [1.29, 1.82) is 0 Å². The van der Waals surface area contributed by atoms with E-state index in [1.165, 1.54) is 0 Å². The number of rotatable bonds is 1. The van der Waals surface area contributed by atoms with Crippen LogP contribution in [0.1, 0.15) is 19.3 Å².